The van der Waals surface area contributed by atoms with Crippen molar-refractivity contribution in [2.45, 2.75) is 27.3 Å². The van der Waals surface area contributed by atoms with Gasteiger partial charge in [0, 0.05) is 30.4 Å². The Labute approximate surface area is 174 Å². The average molecular weight is 408 g/mol. The summed E-state index contributed by atoms with van der Waals surface area (Å²) in [5.41, 5.74) is 8.17. The molecule has 0 spiro atoms. The van der Waals surface area contributed by atoms with Gasteiger partial charge in [-0.1, -0.05) is 32.0 Å². The normalized spacial score (nSPS) is 10.5. The summed E-state index contributed by atoms with van der Waals surface area (Å²) in [6, 6.07) is 13.3. The molecule has 0 atom stereocenters. The number of carbonyl (C=O) groups is 1. The molecule has 3 heterocycles. The first-order chi connectivity index (χ1) is 14.6. The number of benzene rings is 1. The first-order valence-corrected chi connectivity index (χ1v) is 9.89. The highest BCUT2D eigenvalue weighted by atomic mass is 19.1. The van der Waals surface area contributed by atoms with Crippen LogP contribution in [0, 0.1) is 5.82 Å². The zero-order valence-corrected chi connectivity index (χ0v) is 17.3. The molecular weight excluding hydrogens is 383 g/mol. The Hall–Kier alpha value is -3.68. The molecule has 0 saturated heterocycles. The summed E-state index contributed by atoms with van der Waals surface area (Å²) in [6.45, 7) is 6.45. The molecule has 0 fully saturated rings. The molecule has 1 aromatic carbocycles. The van der Waals surface area contributed by atoms with Gasteiger partial charge in [0.15, 0.2) is 11.5 Å². The second kappa shape index (κ2) is 9.21. The van der Waals surface area contributed by atoms with Crippen molar-refractivity contribution < 1.29 is 9.18 Å². The quantitative estimate of drug-likeness (QED) is 0.519. The van der Waals surface area contributed by atoms with Gasteiger partial charge in [0.2, 0.25) is 0 Å². The molecule has 0 radical (unpaired) electrons. The topological polar surface area (TPSA) is 92.3 Å². The number of aromatic nitrogens is 4. The van der Waals surface area contributed by atoms with Gasteiger partial charge in [-0.25, -0.2) is 9.37 Å². The zero-order valence-electron chi connectivity index (χ0n) is 17.3. The lowest BCUT2D eigenvalue weighted by atomic mass is 10.1. The van der Waals surface area contributed by atoms with Crippen LogP contribution >= 0.6 is 0 Å². The van der Waals surface area contributed by atoms with Crippen molar-refractivity contribution in [1.29, 1.82) is 0 Å². The van der Waals surface area contributed by atoms with Crippen LogP contribution < -0.4 is 5.73 Å². The molecule has 0 aliphatic rings. The molecule has 156 valence electrons. The van der Waals surface area contributed by atoms with Gasteiger partial charge in [0.05, 0.1) is 5.69 Å². The first kappa shape index (κ1) is 21.0. The predicted octanol–water partition coefficient (Wildman–Crippen LogP) is 4.13. The molecule has 8 heteroatoms. The number of fused-ring (bicyclic) bond motifs is 1. The smallest absolute Gasteiger partial charge is 0.254 e. The number of rotatable bonds is 5. The Morgan fingerprint density at radius 3 is 2.63 bits per heavy atom. The number of nitrogens with two attached hydrogens (primary N) is 1. The summed E-state index contributed by atoms with van der Waals surface area (Å²) in [4.78, 5) is 22.1. The third-order valence-electron chi connectivity index (χ3n) is 4.54. The van der Waals surface area contributed by atoms with Gasteiger partial charge in [0.1, 0.15) is 11.6 Å². The highest BCUT2D eigenvalue weighted by Crippen LogP contribution is 2.20. The maximum atomic E-state index is 14.0. The maximum Gasteiger partial charge on any atom is 0.254 e. The Morgan fingerprint density at radius 1 is 1.20 bits per heavy atom. The summed E-state index contributed by atoms with van der Waals surface area (Å²) < 4.78 is 15.5. The molecule has 4 rings (SSSR count). The molecule has 0 aliphatic carbocycles. The highest BCUT2D eigenvalue weighted by molar-refractivity contribution is 5.96. The zero-order chi connectivity index (χ0) is 21.7. The van der Waals surface area contributed by atoms with Gasteiger partial charge in [-0.3, -0.25) is 4.79 Å². The van der Waals surface area contributed by atoms with E-state index >= 15 is 0 Å². The van der Waals surface area contributed by atoms with Crippen LogP contribution in [-0.2, 0) is 6.54 Å². The summed E-state index contributed by atoms with van der Waals surface area (Å²) in [7, 11) is 0. The number of hydrogen-bond donors (Lipinski definition) is 2. The third-order valence-corrected chi connectivity index (χ3v) is 4.54. The van der Waals surface area contributed by atoms with E-state index in [4.69, 9.17) is 5.73 Å². The van der Waals surface area contributed by atoms with Crippen molar-refractivity contribution in [2.24, 2.45) is 0 Å². The molecule has 1 amide bonds. The fraction of sp³-hybridized carbons (Fsp3) is 0.227. The number of pyridine rings is 1. The number of amides is 1. The van der Waals surface area contributed by atoms with Crippen LogP contribution in [0.1, 0.15) is 36.7 Å². The van der Waals surface area contributed by atoms with E-state index in [-0.39, 0.29) is 18.3 Å². The summed E-state index contributed by atoms with van der Waals surface area (Å²) >= 11 is 0. The van der Waals surface area contributed by atoms with Crippen molar-refractivity contribution in [3.8, 4) is 11.5 Å². The van der Waals surface area contributed by atoms with Gasteiger partial charge in [-0.2, -0.15) is 4.52 Å². The van der Waals surface area contributed by atoms with E-state index in [0.29, 0.717) is 35.0 Å². The summed E-state index contributed by atoms with van der Waals surface area (Å²) in [6.07, 6.45) is 1.78. The third kappa shape index (κ3) is 4.17. The summed E-state index contributed by atoms with van der Waals surface area (Å²) in [5, 5.41) is 4.37. The molecule has 3 aromatic heterocycles. The number of hydrogen-bond acceptors (Lipinski definition) is 4. The molecular formula is C22H25FN6O. The Morgan fingerprint density at radius 2 is 1.97 bits per heavy atom. The van der Waals surface area contributed by atoms with Gasteiger partial charge in [-0.15, -0.1) is 5.10 Å². The lowest BCUT2D eigenvalue weighted by Gasteiger charge is -2.21. The van der Waals surface area contributed by atoms with Crippen LogP contribution in [0.5, 0.6) is 0 Å². The van der Waals surface area contributed by atoms with Crippen molar-refractivity contribution in [2.75, 3.05) is 12.3 Å². The fourth-order valence-electron chi connectivity index (χ4n) is 3.06. The Bertz CT molecular complexity index is 1140. The second-order valence-electron chi connectivity index (χ2n) is 6.37. The van der Waals surface area contributed by atoms with E-state index < -0.39 is 0 Å². The van der Waals surface area contributed by atoms with Crippen molar-refractivity contribution in [3.05, 3.63) is 71.7 Å². The molecule has 0 aliphatic heterocycles. The number of nitrogens with one attached hydrogen (secondary N) is 1. The number of aromatic amines is 1. The van der Waals surface area contributed by atoms with E-state index in [2.05, 4.69) is 15.1 Å². The Kier molecular flexibility index (Phi) is 6.46. The molecule has 7 nitrogen and oxygen atoms in total. The van der Waals surface area contributed by atoms with Gasteiger partial charge in [0.25, 0.3) is 5.91 Å². The fourth-order valence-corrected chi connectivity index (χ4v) is 3.06. The lowest BCUT2D eigenvalue weighted by molar-refractivity contribution is 0.0751. The minimum atomic E-state index is -0.336. The van der Waals surface area contributed by atoms with Crippen LogP contribution in [0.4, 0.5) is 10.2 Å². The van der Waals surface area contributed by atoms with E-state index in [1.807, 2.05) is 32.9 Å². The van der Waals surface area contributed by atoms with Gasteiger partial charge >= 0.3 is 0 Å². The number of nitrogen functional groups attached to an aromatic ring is 1. The van der Waals surface area contributed by atoms with Gasteiger partial charge in [-0.05, 0) is 37.3 Å². The number of anilines is 1. The summed E-state index contributed by atoms with van der Waals surface area (Å²) in [5.74, 6) is 0.203. The molecule has 0 saturated carbocycles. The van der Waals surface area contributed by atoms with Crippen molar-refractivity contribution >= 4 is 17.4 Å². The monoisotopic (exact) mass is 408 g/mol. The van der Waals surface area contributed by atoms with Crippen LogP contribution in [-0.4, -0.2) is 36.9 Å². The first-order valence-electron chi connectivity index (χ1n) is 9.89. The minimum absolute atomic E-state index is 0.174. The number of nitrogens with zero attached hydrogens (tertiary/aromatic N) is 4. The average Bonchev–Trinajstić information content (AvgIpc) is 3.44. The molecule has 0 unspecified atom stereocenters. The van der Waals surface area contributed by atoms with E-state index in [1.54, 1.807) is 41.4 Å². The van der Waals surface area contributed by atoms with Crippen LogP contribution in [0.15, 0.2) is 54.7 Å². The largest absolute Gasteiger partial charge is 0.384 e. The Balaban J connectivity index is 0.00000124. The highest BCUT2D eigenvalue weighted by Gasteiger charge is 2.19. The van der Waals surface area contributed by atoms with E-state index in [0.717, 1.165) is 5.69 Å². The van der Waals surface area contributed by atoms with Crippen LogP contribution in [0.25, 0.3) is 17.2 Å². The van der Waals surface area contributed by atoms with Crippen molar-refractivity contribution in [1.82, 2.24) is 24.5 Å². The molecule has 0 bridgehead atoms. The maximum absolute atomic E-state index is 14.0. The SMILES string of the molecule is CC.CCN(Cc1ccccc1F)C(=O)c1cc(N)n2nc(-c3ccc[nH]3)nc2c1. The van der Waals surface area contributed by atoms with Crippen LogP contribution in [0.3, 0.4) is 0 Å². The lowest BCUT2D eigenvalue weighted by Crippen LogP contribution is -2.30. The second-order valence-corrected chi connectivity index (χ2v) is 6.37. The standard InChI is InChI=1S/C20H19FN6O.C2H6/c1-2-26(12-13-6-3-4-7-15(13)21)20(28)14-10-17(22)27-18(11-14)24-19(25-27)16-8-5-9-23-16;1-2/h3-11,23H,2,12,22H2,1H3;1-2H3. The number of carbonyl (C=O) groups excluding carboxylic acids is 1. The molecule has 3 N–H and O–H groups in total. The van der Waals surface area contributed by atoms with E-state index in [9.17, 15) is 9.18 Å². The molecule has 4 aromatic rings. The molecule has 30 heavy (non-hydrogen) atoms. The number of H-pyrrole nitrogens is 1. The van der Waals surface area contributed by atoms with E-state index in [1.165, 1.54) is 10.6 Å². The van der Waals surface area contributed by atoms with Gasteiger partial charge < -0.3 is 15.6 Å². The minimum Gasteiger partial charge on any atom is -0.384 e. The number of halogens is 1. The van der Waals surface area contributed by atoms with Crippen LogP contribution in [0.2, 0.25) is 0 Å². The van der Waals surface area contributed by atoms with Crippen molar-refractivity contribution in [3.63, 3.8) is 0 Å². The predicted molar refractivity (Wildman–Crippen MR) is 115 cm³/mol.